The monoisotopic (exact) mass is 351 g/mol. The molecule has 0 radical (unpaired) electrons. The molecule has 3 rings (SSSR count). The van der Waals surface area contributed by atoms with Gasteiger partial charge in [-0.15, -0.1) is 0 Å². The maximum absolute atomic E-state index is 6.00. The van der Waals surface area contributed by atoms with Gasteiger partial charge in [0.05, 0.1) is 6.54 Å². The number of aromatic nitrogens is 1. The fourth-order valence-electron chi connectivity index (χ4n) is 3.18. The van der Waals surface area contributed by atoms with Gasteiger partial charge in [0.25, 0.3) is 0 Å². The van der Waals surface area contributed by atoms with Gasteiger partial charge in [0, 0.05) is 25.0 Å². The normalized spacial score (nSPS) is 15.6. The van der Waals surface area contributed by atoms with Crippen molar-refractivity contribution >= 4 is 17.5 Å². The van der Waals surface area contributed by atoms with E-state index in [1.54, 1.807) is 0 Å². The standard InChI is InChI=1S/C21H29N5/c1-2-17-7-10-19(11-8-17)25-21(22)24-16-18-9-12-20(23-15-18)26-13-5-3-4-6-14-26/h7-12,15H,2-6,13-14,16H2,1H3,(H3,22,24,25). The number of guanidine groups is 1. The van der Waals surface area contributed by atoms with Gasteiger partial charge < -0.3 is 16.0 Å². The minimum atomic E-state index is 0.422. The van der Waals surface area contributed by atoms with Gasteiger partial charge in [-0.3, -0.25) is 0 Å². The van der Waals surface area contributed by atoms with E-state index in [-0.39, 0.29) is 0 Å². The van der Waals surface area contributed by atoms with Crippen molar-refractivity contribution in [3.63, 3.8) is 0 Å². The number of rotatable bonds is 5. The van der Waals surface area contributed by atoms with E-state index in [1.807, 2.05) is 18.3 Å². The zero-order valence-corrected chi connectivity index (χ0v) is 15.6. The SMILES string of the molecule is CCc1ccc(NC(N)=NCc2ccc(N3CCCCCC3)nc2)cc1. The fourth-order valence-corrected chi connectivity index (χ4v) is 3.18. The minimum Gasteiger partial charge on any atom is -0.370 e. The van der Waals surface area contributed by atoms with Crippen molar-refractivity contribution in [2.24, 2.45) is 10.7 Å². The van der Waals surface area contributed by atoms with E-state index in [9.17, 15) is 0 Å². The Bertz CT molecular complexity index is 698. The zero-order valence-electron chi connectivity index (χ0n) is 15.6. The second-order valence-corrected chi connectivity index (χ2v) is 6.80. The molecule has 3 N–H and O–H groups in total. The lowest BCUT2D eigenvalue weighted by Gasteiger charge is -2.21. The Morgan fingerprint density at radius 1 is 1.04 bits per heavy atom. The molecule has 0 amide bonds. The number of anilines is 2. The third-order valence-corrected chi connectivity index (χ3v) is 4.81. The molecule has 1 aliphatic heterocycles. The zero-order chi connectivity index (χ0) is 18.2. The highest BCUT2D eigenvalue weighted by Crippen LogP contribution is 2.17. The Balaban J connectivity index is 1.55. The smallest absolute Gasteiger partial charge is 0.193 e. The molecule has 5 heteroatoms. The molecule has 1 saturated heterocycles. The van der Waals surface area contributed by atoms with Crippen molar-refractivity contribution < 1.29 is 0 Å². The first-order valence-electron chi connectivity index (χ1n) is 9.60. The molecule has 0 spiro atoms. The lowest BCUT2D eigenvalue weighted by atomic mass is 10.1. The van der Waals surface area contributed by atoms with Crippen LogP contribution in [-0.4, -0.2) is 24.0 Å². The number of nitrogens with two attached hydrogens (primary N) is 1. The summed E-state index contributed by atoms with van der Waals surface area (Å²) in [5.41, 5.74) is 9.33. The number of aliphatic imine (C=N–C) groups is 1. The Kier molecular flexibility index (Phi) is 6.47. The van der Waals surface area contributed by atoms with Crippen molar-refractivity contribution in [1.82, 2.24) is 4.98 Å². The molecule has 0 aliphatic carbocycles. The molecule has 138 valence electrons. The number of nitrogens with one attached hydrogen (secondary N) is 1. The van der Waals surface area contributed by atoms with E-state index in [0.29, 0.717) is 12.5 Å². The summed E-state index contributed by atoms with van der Waals surface area (Å²) >= 11 is 0. The maximum Gasteiger partial charge on any atom is 0.193 e. The van der Waals surface area contributed by atoms with Gasteiger partial charge in [-0.2, -0.15) is 0 Å². The van der Waals surface area contributed by atoms with E-state index < -0.39 is 0 Å². The summed E-state index contributed by atoms with van der Waals surface area (Å²) in [6.45, 7) is 4.89. The summed E-state index contributed by atoms with van der Waals surface area (Å²) in [7, 11) is 0. The molecule has 1 aromatic heterocycles. The summed E-state index contributed by atoms with van der Waals surface area (Å²) < 4.78 is 0. The highest BCUT2D eigenvalue weighted by atomic mass is 15.2. The first-order valence-corrected chi connectivity index (χ1v) is 9.60. The third-order valence-electron chi connectivity index (χ3n) is 4.81. The van der Waals surface area contributed by atoms with Crippen molar-refractivity contribution in [3.05, 3.63) is 53.7 Å². The van der Waals surface area contributed by atoms with Crippen LogP contribution in [0.4, 0.5) is 11.5 Å². The highest BCUT2D eigenvalue weighted by molar-refractivity contribution is 5.92. The van der Waals surface area contributed by atoms with Crippen LogP contribution in [0.3, 0.4) is 0 Å². The number of hydrogen-bond donors (Lipinski definition) is 2. The fraction of sp³-hybridized carbons (Fsp3) is 0.429. The number of pyridine rings is 1. The highest BCUT2D eigenvalue weighted by Gasteiger charge is 2.10. The van der Waals surface area contributed by atoms with Crippen molar-refractivity contribution in [2.45, 2.75) is 45.6 Å². The Morgan fingerprint density at radius 2 is 1.73 bits per heavy atom. The third kappa shape index (κ3) is 5.22. The van der Waals surface area contributed by atoms with Gasteiger partial charge in [-0.05, 0) is 48.6 Å². The lowest BCUT2D eigenvalue weighted by molar-refractivity contribution is 0.726. The second-order valence-electron chi connectivity index (χ2n) is 6.80. The Hall–Kier alpha value is -2.56. The lowest BCUT2D eigenvalue weighted by Crippen LogP contribution is -2.24. The van der Waals surface area contributed by atoms with Crippen LogP contribution in [0.5, 0.6) is 0 Å². The Morgan fingerprint density at radius 3 is 2.35 bits per heavy atom. The van der Waals surface area contributed by atoms with Gasteiger partial charge in [0.2, 0.25) is 0 Å². The predicted octanol–water partition coefficient (Wildman–Crippen LogP) is 3.95. The van der Waals surface area contributed by atoms with Gasteiger partial charge in [0.15, 0.2) is 5.96 Å². The van der Waals surface area contributed by atoms with Gasteiger partial charge in [0.1, 0.15) is 5.82 Å². The van der Waals surface area contributed by atoms with Crippen LogP contribution in [0.1, 0.15) is 43.7 Å². The molecule has 0 unspecified atom stereocenters. The van der Waals surface area contributed by atoms with Crippen LogP contribution in [-0.2, 0) is 13.0 Å². The summed E-state index contributed by atoms with van der Waals surface area (Å²) in [5, 5.41) is 3.13. The van der Waals surface area contributed by atoms with E-state index in [2.05, 4.69) is 51.4 Å². The second kappa shape index (κ2) is 9.22. The minimum absolute atomic E-state index is 0.422. The van der Waals surface area contributed by atoms with E-state index in [1.165, 1.54) is 31.2 Å². The molecule has 0 saturated carbocycles. The van der Waals surface area contributed by atoms with Crippen LogP contribution in [0.2, 0.25) is 0 Å². The molecule has 0 bridgehead atoms. The molecule has 1 fully saturated rings. The molecule has 26 heavy (non-hydrogen) atoms. The maximum atomic E-state index is 6.00. The van der Waals surface area contributed by atoms with Gasteiger partial charge >= 0.3 is 0 Å². The molecule has 5 nitrogen and oxygen atoms in total. The predicted molar refractivity (Wildman–Crippen MR) is 110 cm³/mol. The van der Waals surface area contributed by atoms with E-state index in [4.69, 9.17) is 5.73 Å². The average Bonchev–Trinajstić information content (AvgIpc) is 2.97. The molecule has 1 aromatic carbocycles. The van der Waals surface area contributed by atoms with Crippen molar-refractivity contribution in [1.29, 1.82) is 0 Å². The van der Waals surface area contributed by atoms with Crippen molar-refractivity contribution in [2.75, 3.05) is 23.3 Å². The van der Waals surface area contributed by atoms with E-state index in [0.717, 1.165) is 36.6 Å². The van der Waals surface area contributed by atoms with Crippen LogP contribution < -0.4 is 16.0 Å². The number of aryl methyl sites for hydroxylation is 1. The summed E-state index contributed by atoms with van der Waals surface area (Å²) in [6, 6.07) is 12.4. The van der Waals surface area contributed by atoms with Crippen LogP contribution >= 0.6 is 0 Å². The molecule has 2 aromatic rings. The van der Waals surface area contributed by atoms with Crippen molar-refractivity contribution in [3.8, 4) is 0 Å². The van der Waals surface area contributed by atoms with Crippen LogP contribution in [0.15, 0.2) is 47.6 Å². The number of benzene rings is 1. The summed E-state index contributed by atoms with van der Waals surface area (Å²) in [4.78, 5) is 11.4. The quantitative estimate of drug-likeness (QED) is 0.632. The van der Waals surface area contributed by atoms with E-state index >= 15 is 0 Å². The first kappa shape index (κ1) is 18.2. The topological polar surface area (TPSA) is 66.5 Å². The Labute approximate surface area is 156 Å². The largest absolute Gasteiger partial charge is 0.370 e. The summed E-state index contributed by atoms with van der Waals surface area (Å²) in [6.07, 6.45) is 8.12. The average molecular weight is 351 g/mol. The molecule has 2 heterocycles. The van der Waals surface area contributed by atoms with Gasteiger partial charge in [-0.25, -0.2) is 9.98 Å². The molecular weight excluding hydrogens is 322 g/mol. The number of nitrogens with zero attached hydrogens (tertiary/aromatic N) is 3. The first-order chi connectivity index (χ1) is 12.7. The molecular formula is C21H29N5. The molecule has 0 atom stereocenters. The molecule has 1 aliphatic rings. The van der Waals surface area contributed by atoms with Crippen LogP contribution in [0, 0.1) is 0 Å². The number of hydrogen-bond acceptors (Lipinski definition) is 3. The summed E-state index contributed by atoms with van der Waals surface area (Å²) in [5.74, 6) is 1.49. The van der Waals surface area contributed by atoms with Gasteiger partial charge in [-0.1, -0.05) is 38.0 Å². The van der Waals surface area contributed by atoms with Crippen LogP contribution in [0.25, 0.3) is 0 Å².